The number of hydrogen-bond donors (Lipinski definition) is 3. The van der Waals surface area contributed by atoms with Gasteiger partial charge in [0.25, 0.3) is 0 Å². The van der Waals surface area contributed by atoms with Crippen molar-refractivity contribution in [2.45, 2.75) is 18.9 Å². The van der Waals surface area contributed by atoms with Gasteiger partial charge in [-0.15, -0.1) is 0 Å². The standard InChI is InChI=1S/C12H13ClN4O/c13-7-3-1-4-8-10(7)16-12(15-8)17-11(18)9-5-2-6-14-9/h1,3-4,9,14H,2,5-6H2,(H2,15,16,17,18). The highest BCUT2D eigenvalue weighted by Gasteiger charge is 2.22. The number of nitrogens with zero attached hydrogens (tertiary/aromatic N) is 1. The predicted molar refractivity (Wildman–Crippen MR) is 70.8 cm³/mol. The lowest BCUT2D eigenvalue weighted by Gasteiger charge is -2.08. The third-order valence-electron chi connectivity index (χ3n) is 3.08. The van der Waals surface area contributed by atoms with Gasteiger partial charge in [-0.2, -0.15) is 0 Å². The molecule has 1 saturated heterocycles. The molecule has 0 radical (unpaired) electrons. The van der Waals surface area contributed by atoms with Crippen molar-refractivity contribution in [1.29, 1.82) is 0 Å². The highest BCUT2D eigenvalue weighted by molar-refractivity contribution is 6.35. The van der Waals surface area contributed by atoms with Crippen LogP contribution in [0.2, 0.25) is 5.02 Å². The summed E-state index contributed by atoms with van der Waals surface area (Å²) in [6, 6.07) is 5.37. The minimum Gasteiger partial charge on any atom is -0.324 e. The van der Waals surface area contributed by atoms with E-state index < -0.39 is 0 Å². The Kier molecular flexibility index (Phi) is 2.93. The molecule has 5 nitrogen and oxygen atoms in total. The second-order valence-corrected chi connectivity index (χ2v) is 4.77. The van der Waals surface area contributed by atoms with Crippen molar-refractivity contribution >= 4 is 34.5 Å². The van der Waals surface area contributed by atoms with Crippen LogP contribution in [-0.4, -0.2) is 28.5 Å². The van der Waals surface area contributed by atoms with Gasteiger partial charge in [0.1, 0.15) is 5.52 Å². The van der Waals surface area contributed by atoms with Gasteiger partial charge in [-0.05, 0) is 31.5 Å². The molecule has 1 amide bonds. The fraction of sp³-hybridized carbons (Fsp3) is 0.333. The quantitative estimate of drug-likeness (QED) is 0.776. The molecule has 3 N–H and O–H groups in total. The van der Waals surface area contributed by atoms with Crippen LogP contribution in [0.3, 0.4) is 0 Å². The van der Waals surface area contributed by atoms with Crippen molar-refractivity contribution in [3.8, 4) is 0 Å². The molecule has 6 heteroatoms. The Morgan fingerprint density at radius 1 is 1.50 bits per heavy atom. The molecule has 1 fully saturated rings. The predicted octanol–water partition coefficient (Wildman–Crippen LogP) is 1.91. The van der Waals surface area contributed by atoms with Gasteiger partial charge in [-0.3, -0.25) is 10.1 Å². The van der Waals surface area contributed by atoms with Gasteiger partial charge in [-0.1, -0.05) is 17.7 Å². The van der Waals surface area contributed by atoms with Gasteiger partial charge in [0.05, 0.1) is 16.6 Å². The number of benzene rings is 1. The summed E-state index contributed by atoms with van der Waals surface area (Å²) in [6.07, 6.45) is 1.90. The van der Waals surface area contributed by atoms with E-state index in [1.54, 1.807) is 6.07 Å². The molecule has 18 heavy (non-hydrogen) atoms. The molecule has 94 valence electrons. The van der Waals surface area contributed by atoms with Crippen molar-refractivity contribution in [3.63, 3.8) is 0 Å². The van der Waals surface area contributed by atoms with Crippen LogP contribution in [0.4, 0.5) is 5.95 Å². The third kappa shape index (κ3) is 2.07. The second kappa shape index (κ2) is 4.59. The average Bonchev–Trinajstić information content (AvgIpc) is 2.97. The van der Waals surface area contributed by atoms with Crippen LogP contribution in [0.25, 0.3) is 11.0 Å². The summed E-state index contributed by atoms with van der Waals surface area (Å²) in [5.41, 5.74) is 1.49. The molecular weight excluding hydrogens is 252 g/mol. The molecule has 2 heterocycles. The molecule has 3 rings (SSSR count). The average molecular weight is 265 g/mol. The maximum absolute atomic E-state index is 11.9. The Balaban J connectivity index is 1.82. The highest BCUT2D eigenvalue weighted by Crippen LogP contribution is 2.22. The summed E-state index contributed by atoms with van der Waals surface area (Å²) in [7, 11) is 0. The first-order chi connectivity index (χ1) is 8.74. The summed E-state index contributed by atoms with van der Waals surface area (Å²) >= 11 is 6.03. The molecular formula is C12H13ClN4O. The number of nitrogens with one attached hydrogen (secondary N) is 3. The lowest BCUT2D eigenvalue weighted by Crippen LogP contribution is -2.35. The van der Waals surface area contributed by atoms with Gasteiger partial charge in [0, 0.05) is 0 Å². The van der Waals surface area contributed by atoms with Crippen LogP contribution in [-0.2, 0) is 4.79 Å². The van der Waals surface area contributed by atoms with Gasteiger partial charge in [0.2, 0.25) is 11.9 Å². The summed E-state index contributed by atoms with van der Waals surface area (Å²) in [5.74, 6) is 0.388. The zero-order valence-corrected chi connectivity index (χ0v) is 10.4. The summed E-state index contributed by atoms with van der Waals surface area (Å²) in [5, 5.41) is 6.49. The first kappa shape index (κ1) is 11.5. The molecule has 1 aromatic carbocycles. The van der Waals surface area contributed by atoms with E-state index in [2.05, 4.69) is 20.6 Å². The number of aromatic nitrogens is 2. The maximum Gasteiger partial charge on any atom is 0.243 e. The second-order valence-electron chi connectivity index (χ2n) is 4.36. The number of rotatable bonds is 2. The molecule has 0 spiro atoms. The van der Waals surface area contributed by atoms with Crippen molar-refractivity contribution < 1.29 is 4.79 Å². The normalized spacial score (nSPS) is 19.3. The largest absolute Gasteiger partial charge is 0.324 e. The summed E-state index contributed by atoms with van der Waals surface area (Å²) < 4.78 is 0. The molecule has 1 aliphatic rings. The number of anilines is 1. The number of carbonyl (C=O) groups is 1. The number of hydrogen-bond acceptors (Lipinski definition) is 3. The Labute approximate surface area is 109 Å². The summed E-state index contributed by atoms with van der Waals surface area (Å²) in [4.78, 5) is 19.2. The number of halogens is 1. The van der Waals surface area contributed by atoms with Crippen molar-refractivity contribution in [2.24, 2.45) is 0 Å². The zero-order chi connectivity index (χ0) is 12.5. The van der Waals surface area contributed by atoms with E-state index in [1.807, 2.05) is 12.1 Å². The third-order valence-corrected chi connectivity index (χ3v) is 3.39. The molecule has 2 aromatic rings. The number of para-hydroxylation sites is 1. The number of amides is 1. The van der Waals surface area contributed by atoms with E-state index >= 15 is 0 Å². The lowest BCUT2D eigenvalue weighted by molar-refractivity contribution is -0.117. The molecule has 1 aliphatic heterocycles. The maximum atomic E-state index is 11.9. The molecule has 1 atom stereocenters. The SMILES string of the molecule is O=C(Nc1nc2c(Cl)cccc2[nH]1)C1CCCN1. The zero-order valence-electron chi connectivity index (χ0n) is 9.66. The van der Waals surface area contributed by atoms with Crippen molar-refractivity contribution in [3.05, 3.63) is 23.2 Å². The topological polar surface area (TPSA) is 69.8 Å². The monoisotopic (exact) mass is 264 g/mol. The number of H-pyrrole nitrogens is 1. The number of fused-ring (bicyclic) bond motifs is 1. The van der Waals surface area contributed by atoms with Crippen LogP contribution in [0.5, 0.6) is 0 Å². The number of carbonyl (C=O) groups excluding carboxylic acids is 1. The first-order valence-electron chi connectivity index (χ1n) is 5.92. The smallest absolute Gasteiger partial charge is 0.243 e. The number of aromatic amines is 1. The van der Waals surface area contributed by atoms with Gasteiger partial charge < -0.3 is 10.3 Å². The Morgan fingerprint density at radius 2 is 2.39 bits per heavy atom. The molecule has 1 aromatic heterocycles. The van der Waals surface area contributed by atoms with Crippen LogP contribution in [0.1, 0.15) is 12.8 Å². The Morgan fingerprint density at radius 3 is 3.11 bits per heavy atom. The van der Waals surface area contributed by atoms with E-state index in [0.717, 1.165) is 24.9 Å². The van der Waals surface area contributed by atoms with Crippen LogP contribution >= 0.6 is 11.6 Å². The van der Waals surface area contributed by atoms with E-state index in [4.69, 9.17) is 11.6 Å². The minimum atomic E-state index is -0.117. The highest BCUT2D eigenvalue weighted by atomic mass is 35.5. The van der Waals surface area contributed by atoms with E-state index in [0.29, 0.717) is 16.5 Å². The molecule has 0 saturated carbocycles. The molecule has 1 unspecified atom stereocenters. The minimum absolute atomic E-state index is 0.0531. The molecule has 0 aliphatic carbocycles. The van der Waals surface area contributed by atoms with E-state index in [9.17, 15) is 4.79 Å². The van der Waals surface area contributed by atoms with E-state index in [-0.39, 0.29) is 11.9 Å². The van der Waals surface area contributed by atoms with Crippen LogP contribution < -0.4 is 10.6 Å². The Bertz CT molecular complexity index is 589. The first-order valence-corrected chi connectivity index (χ1v) is 6.30. The molecule has 0 bridgehead atoms. The van der Waals surface area contributed by atoms with Gasteiger partial charge >= 0.3 is 0 Å². The van der Waals surface area contributed by atoms with E-state index in [1.165, 1.54) is 0 Å². The Hall–Kier alpha value is -1.59. The van der Waals surface area contributed by atoms with Crippen molar-refractivity contribution in [1.82, 2.24) is 15.3 Å². The van der Waals surface area contributed by atoms with Gasteiger partial charge in [-0.25, -0.2) is 4.98 Å². The lowest BCUT2D eigenvalue weighted by atomic mass is 10.2. The van der Waals surface area contributed by atoms with Crippen molar-refractivity contribution in [2.75, 3.05) is 11.9 Å². The van der Waals surface area contributed by atoms with Crippen LogP contribution in [0, 0.1) is 0 Å². The van der Waals surface area contributed by atoms with Crippen LogP contribution in [0.15, 0.2) is 18.2 Å². The fourth-order valence-electron chi connectivity index (χ4n) is 2.17. The van der Waals surface area contributed by atoms with Gasteiger partial charge in [0.15, 0.2) is 0 Å². The fourth-order valence-corrected chi connectivity index (χ4v) is 2.39. The summed E-state index contributed by atoms with van der Waals surface area (Å²) in [6.45, 7) is 0.893. The number of imidazole rings is 1.